The molecule has 2 N–H and O–H groups in total. The second kappa shape index (κ2) is 6.57. The average molecular weight is 248 g/mol. The molecule has 0 aliphatic carbocycles. The van der Waals surface area contributed by atoms with Gasteiger partial charge in [-0.1, -0.05) is 13.0 Å². The Morgan fingerprint density at radius 3 is 2.78 bits per heavy atom. The summed E-state index contributed by atoms with van der Waals surface area (Å²) in [6.45, 7) is 4.15. The van der Waals surface area contributed by atoms with E-state index in [0.717, 1.165) is 12.1 Å². The molecule has 0 bridgehead atoms. The third kappa shape index (κ3) is 3.71. The predicted octanol–water partition coefficient (Wildman–Crippen LogP) is 1.91. The second-order valence-electron chi connectivity index (χ2n) is 3.93. The van der Waals surface area contributed by atoms with Crippen molar-refractivity contribution in [2.24, 2.45) is 0 Å². The molecule has 0 saturated heterocycles. The molecule has 0 aliphatic heterocycles. The van der Waals surface area contributed by atoms with Gasteiger partial charge in [-0.2, -0.15) is 5.26 Å². The quantitative estimate of drug-likeness (QED) is 0.471. The van der Waals surface area contributed by atoms with E-state index in [4.69, 9.17) is 11.0 Å². The lowest BCUT2D eigenvalue weighted by molar-refractivity contribution is -0.383. The molecule has 0 radical (unpaired) electrons. The fourth-order valence-electron chi connectivity index (χ4n) is 1.68. The molecule has 0 spiro atoms. The number of anilines is 1. The summed E-state index contributed by atoms with van der Waals surface area (Å²) in [5, 5.41) is 19.2. The SMILES string of the molecule is CCN(CCC#N)Cc1ccc([N+](=O)[O-])c(N)c1. The van der Waals surface area contributed by atoms with Crippen molar-refractivity contribution in [1.82, 2.24) is 4.90 Å². The summed E-state index contributed by atoms with van der Waals surface area (Å²) in [7, 11) is 0. The highest BCUT2D eigenvalue weighted by Gasteiger charge is 2.12. The van der Waals surface area contributed by atoms with Crippen molar-refractivity contribution in [1.29, 1.82) is 5.26 Å². The van der Waals surface area contributed by atoms with Crippen LogP contribution in [0.3, 0.4) is 0 Å². The number of nitrogens with zero attached hydrogens (tertiary/aromatic N) is 3. The largest absolute Gasteiger partial charge is 0.393 e. The summed E-state index contributed by atoms with van der Waals surface area (Å²) in [5.74, 6) is 0. The van der Waals surface area contributed by atoms with Gasteiger partial charge in [-0.05, 0) is 18.2 Å². The van der Waals surface area contributed by atoms with E-state index in [9.17, 15) is 10.1 Å². The van der Waals surface area contributed by atoms with E-state index in [1.807, 2.05) is 6.92 Å². The molecule has 0 saturated carbocycles. The molecule has 0 aliphatic rings. The van der Waals surface area contributed by atoms with Gasteiger partial charge in [-0.15, -0.1) is 0 Å². The summed E-state index contributed by atoms with van der Waals surface area (Å²) in [4.78, 5) is 12.2. The van der Waals surface area contributed by atoms with Gasteiger partial charge in [-0.3, -0.25) is 15.0 Å². The zero-order valence-corrected chi connectivity index (χ0v) is 10.3. The van der Waals surface area contributed by atoms with E-state index in [2.05, 4.69) is 11.0 Å². The summed E-state index contributed by atoms with van der Waals surface area (Å²) in [6, 6.07) is 6.83. The van der Waals surface area contributed by atoms with Gasteiger partial charge in [0, 0.05) is 25.6 Å². The number of hydrogen-bond acceptors (Lipinski definition) is 5. The number of nitro groups is 1. The fraction of sp³-hybridized carbons (Fsp3) is 0.417. The van der Waals surface area contributed by atoms with Crippen molar-refractivity contribution in [3.05, 3.63) is 33.9 Å². The van der Waals surface area contributed by atoms with Crippen LogP contribution in [-0.2, 0) is 6.54 Å². The van der Waals surface area contributed by atoms with Crippen molar-refractivity contribution >= 4 is 11.4 Å². The number of hydrogen-bond donors (Lipinski definition) is 1. The predicted molar refractivity (Wildman–Crippen MR) is 68.7 cm³/mol. The number of nitriles is 1. The molecule has 0 atom stereocenters. The molecule has 1 rings (SSSR count). The van der Waals surface area contributed by atoms with Crippen molar-refractivity contribution in [3.63, 3.8) is 0 Å². The van der Waals surface area contributed by atoms with Crippen LogP contribution < -0.4 is 5.73 Å². The summed E-state index contributed by atoms with van der Waals surface area (Å²) < 4.78 is 0. The lowest BCUT2D eigenvalue weighted by Gasteiger charge is -2.18. The number of rotatable bonds is 6. The maximum absolute atomic E-state index is 10.6. The first-order chi connectivity index (χ1) is 8.58. The van der Waals surface area contributed by atoms with Crippen LogP contribution in [-0.4, -0.2) is 22.9 Å². The van der Waals surface area contributed by atoms with Gasteiger partial charge in [0.2, 0.25) is 0 Å². The summed E-state index contributed by atoms with van der Waals surface area (Å²) >= 11 is 0. The van der Waals surface area contributed by atoms with Crippen LogP contribution in [0.25, 0.3) is 0 Å². The minimum Gasteiger partial charge on any atom is -0.393 e. The van der Waals surface area contributed by atoms with E-state index >= 15 is 0 Å². The number of nitro benzene ring substituents is 1. The molecular weight excluding hydrogens is 232 g/mol. The lowest BCUT2D eigenvalue weighted by Crippen LogP contribution is -2.23. The molecule has 1 aromatic rings. The first kappa shape index (κ1) is 13.9. The van der Waals surface area contributed by atoms with Crippen molar-refractivity contribution in [2.75, 3.05) is 18.8 Å². The zero-order chi connectivity index (χ0) is 13.5. The second-order valence-corrected chi connectivity index (χ2v) is 3.93. The molecule has 6 nitrogen and oxygen atoms in total. The van der Waals surface area contributed by atoms with Crippen LogP contribution >= 0.6 is 0 Å². The Hall–Kier alpha value is -2.13. The zero-order valence-electron chi connectivity index (χ0n) is 10.3. The van der Waals surface area contributed by atoms with Crippen LogP contribution in [0.4, 0.5) is 11.4 Å². The van der Waals surface area contributed by atoms with Crippen LogP contribution in [0, 0.1) is 21.4 Å². The molecule has 0 aromatic heterocycles. The first-order valence-electron chi connectivity index (χ1n) is 5.70. The van der Waals surface area contributed by atoms with Crippen molar-refractivity contribution in [2.45, 2.75) is 19.9 Å². The van der Waals surface area contributed by atoms with Crippen LogP contribution in [0.15, 0.2) is 18.2 Å². The van der Waals surface area contributed by atoms with Gasteiger partial charge in [0.1, 0.15) is 5.69 Å². The van der Waals surface area contributed by atoms with Gasteiger partial charge in [0.25, 0.3) is 5.69 Å². The van der Waals surface area contributed by atoms with E-state index in [0.29, 0.717) is 19.5 Å². The van der Waals surface area contributed by atoms with E-state index in [1.54, 1.807) is 12.1 Å². The Bertz CT molecular complexity index is 468. The maximum Gasteiger partial charge on any atom is 0.292 e. The monoisotopic (exact) mass is 248 g/mol. The topological polar surface area (TPSA) is 96.2 Å². The summed E-state index contributed by atoms with van der Waals surface area (Å²) in [6.07, 6.45) is 0.469. The molecule has 0 fully saturated rings. The fourth-order valence-corrected chi connectivity index (χ4v) is 1.68. The highest BCUT2D eigenvalue weighted by molar-refractivity contribution is 5.59. The Kier molecular flexibility index (Phi) is 5.08. The average Bonchev–Trinajstić information content (AvgIpc) is 2.34. The molecule has 96 valence electrons. The minimum atomic E-state index is -0.494. The van der Waals surface area contributed by atoms with Crippen molar-refractivity contribution < 1.29 is 4.92 Å². The highest BCUT2D eigenvalue weighted by Crippen LogP contribution is 2.22. The Labute approximate surface area is 106 Å². The third-order valence-electron chi connectivity index (χ3n) is 2.68. The highest BCUT2D eigenvalue weighted by atomic mass is 16.6. The van der Waals surface area contributed by atoms with Crippen LogP contribution in [0.5, 0.6) is 0 Å². The molecule has 0 amide bonds. The van der Waals surface area contributed by atoms with Gasteiger partial charge in [0.05, 0.1) is 11.0 Å². The van der Waals surface area contributed by atoms with E-state index in [1.165, 1.54) is 6.07 Å². The van der Waals surface area contributed by atoms with Gasteiger partial charge >= 0.3 is 0 Å². The van der Waals surface area contributed by atoms with Crippen LogP contribution in [0.2, 0.25) is 0 Å². The first-order valence-corrected chi connectivity index (χ1v) is 5.70. The summed E-state index contributed by atoms with van der Waals surface area (Å²) in [5.41, 5.74) is 6.65. The molecular formula is C12H16N4O2. The molecule has 6 heteroatoms. The number of nitrogens with two attached hydrogens (primary N) is 1. The van der Waals surface area contributed by atoms with E-state index in [-0.39, 0.29) is 11.4 Å². The Balaban J connectivity index is 2.76. The van der Waals surface area contributed by atoms with Crippen LogP contribution in [0.1, 0.15) is 18.9 Å². The van der Waals surface area contributed by atoms with Gasteiger partial charge in [0.15, 0.2) is 0 Å². The van der Waals surface area contributed by atoms with Gasteiger partial charge < -0.3 is 5.73 Å². The number of nitrogen functional groups attached to an aromatic ring is 1. The Morgan fingerprint density at radius 1 is 1.56 bits per heavy atom. The Morgan fingerprint density at radius 2 is 2.28 bits per heavy atom. The van der Waals surface area contributed by atoms with Gasteiger partial charge in [-0.25, -0.2) is 0 Å². The standard InChI is InChI=1S/C12H16N4O2/c1-2-15(7-3-6-13)9-10-4-5-12(16(17)18)11(14)8-10/h4-5,8H,2-3,7,9,14H2,1H3. The number of benzene rings is 1. The third-order valence-corrected chi connectivity index (χ3v) is 2.68. The maximum atomic E-state index is 10.6. The molecule has 0 unspecified atom stereocenters. The lowest BCUT2D eigenvalue weighted by atomic mass is 10.1. The smallest absolute Gasteiger partial charge is 0.292 e. The van der Waals surface area contributed by atoms with E-state index < -0.39 is 4.92 Å². The minimum absolute atomic E-state index is 0.0705. The molecule has 0 heterocycles. The molecule has 18 heavy (non-hydrogen) atoms. The molecule has 1 aromatic carbocycles. The van der Waals surface area contributed by atoms with Crippen molar-refractivity contribution in [3.8, 4) is 6.07 Å². The normalized spacial score (nSPS) is 10.3.